The number of carbonyl (C=O) groups is 8. The standard InChI is InChI=1S/C46H47ClF3N8O12P/c1-56-16-15-27-8-11-32(57(27)44(65)31(20-56)54-40(61)30-19-24-18-25(6-10-29(24)53-30)46(49,50)71(67,68)69)41(62)52-26(7-13-35(51)59)21-70-34-4-2-3-22(38(34)47)17-23-5-9-28-37(39(23)48)45(66)58(43(28)64)33-12-14-36(60)55-42(33)63/h2-6,9-10,18-19,26-27,31-33,53H,7-8,11-17,20-21H2,1H3,(H2,51,59)(H,52,62)(H,54,61)(H,55,60,63)(H2,67,68,69)/t26-,27+,31-,32-,33?/m0/s1. The topological polar surface area (TPSA) is 291 Å². The van der Waals surface area contributed by atoms with E-state index in [0.29, 0.717) is 29.8 Å². The highest BCUT2D eigenvalue weighted by molar-refractivity contribution is 7.52. The zero-order chi connectivity index (χ0) is 51.3. The number of fused-ring (bicyclic) bond motifs is 3. The van der Waals surface area contributed by atoms with Crippen molar-refractivity contribution in [2.24, 2.45) is 5.73 Å². The minimum Gasteiger partial charge on any atom is -0.490 e. The molecule has 8 rings (SSSR count). The first kappa shape index (κ1) is 50.7. The van der Waals surface area contributed by atoms with E-state index in [-0.39, 0.29) is 90.2 Å². The van der Waals surface area contributed by atoms with Gasteiger partial charge in [-0.1, -0.05) is 35.9 Å². The molecule has 1 unspecified atom stereocenters. The van der Waals surface area contributed by atoms with Gasteiger partial charge in [0.25, 0.3) is 17.7 Å². The zero-order valence-corrected chi connectivity index (χ0v) is 39.4. The van der Waals surface area contributed by atoms with E-state index in [2.05, 4.69) is 20.9 Å². The van der Waals surface area contributed by atoms with E-state index >= 15 is 4.39 Å². The van der Waals surface area contributed by atoms with E-state index in [0.717, 1.165) is 18.2 Å². The summed E-state index contributed by atoms with van der Waals surface area (Å²) in [7, 11) is -4.11. The summed E-state index contributed by atoms with van der Waals surface area (Å²) in [6.45, 7) is 0.280. The van der Waals surface area contributed by atoms with E-state index in [9.17, 15) is 61.5 Å². The largest absolute Gasteiger partial charge is 0.490 e. The fourth-order valence-electron chi connectivity index (χ4n) is 9.45. The summed E-state index contributed by atoms with van der Waals surface area (Å²) >= 11 is 6.79. The van der Waals surface area contributed by atoms with Crippen LogP contribution in [0.5, 0.6) is 5.75 Å². The van der Waals surface area contributed by atoms with E-state index in [1.807, 2.05) is 4.90 Å². The summed E-state index contributed by atoms with van der Waals surface area (Å²) in [4.78, 5) is 130. The Balaban J connectivity index is 0.947. The van der Waals surface area contributed by atoms with Crippen molar-refractivity contribution in [2.45, 2.75) is 87.2 Å². The Labute approximate surface area is 406 Å². The Bertz CT molecular complexity index is 2950. The second-order valence-corrected chi connectivity index (χ2v) is 20.0. The van der Waals surface area contributed by atoms with Crippen molar-refractivity contribution >= 4 is 77.4 Å². The molecule has 1 aromatic heterocycles. The maximum Gasteiger partial charge on any atom is 0.399 e. The predicted molar refractivity (Wildman–Crippen MR) is 244 cm³/mol. The lowest BCUT2D eigenvalue weighted by atomic mass is 9.99. The molecule has 0 radical (unpaired) electrons. The number of nitrogens with zero attached hydrogens (tertiary/aromatic N) is 3. The number of amides is 8. The molecule has 5 atom stereocenters. The van der Waals surface area contributed by atoms with Gasteiger partial charge >= 0.3 is 13.3 Å². The van der Waals surface area contributed by atoms with Gasteiger partial charge in [0.1, 0.15) is 42.0 Å². The van der Waals surface area contributed by atoms with Gasteiger partial charge in [0.15, 0.2) is 0 Å². The maximum absolute atomic E-state index is 16.1. The number of primary amides is 1. The zero-order valence-electron chi connectivity index (χ0n) is 37.7. The Morgan fingerprint density at radius 3 is 2.48 bits per heavy atom. The molecular weight excluding hydrogens is 980 g/mol. The number of aromatic amines is 1. The number of ether oxygens (including phenoxy) is 1. The summed E-state index contributed by atoms with van der Waals surface area (Å²) < 4.78 is 62.6. The first-order valence-corrected chi connectivity index (χ1v) is 24.4. The van der Waals surface area contributed by atoms with Crippen molar-refractivity contribution in [3.05, 3.63) is 98.9 Å². The molecule has 4 aromatic rings. The highest BCUT2D eigenvalue weighted by Crippen LogP contribution is 2.59. The Kier molecular flexibility index (Phi) is 14.2. The SMILES string of the molecule is CN1CC[C@H]2CC[C@@H](C(=O)N[C@@H](CCC(N)=O)COc3cccc(Cc4ccc5c(c4F)C(=O)N(C4CCC(=O)NC4=O)C5=O)c3Cl)N2C(=O)[C@@H](NC(=O)c2cc3cc(C(F)(F)P(=O)(O)O)ccc3[nH]2)C1. The number of likely N-dealkylation sites (N-methyl/N-ethyl adjacent to an activating group) is 1. The van der Waals surface area contributed by atoms with Crippen molar-refractivity contribution in [2.75, 3.05) is 26.7 Å². The summed E-state index contributed by atoms with van der Waals surface area (Å²) in [5.74, 6) is -6.77. The number of alkyl halides is 2. The summed E-state index contributed by atoms with van der Waals surface area (Å²) in [6.07, 6.45) is 0.654. The number of hydrogen-bond donors (Lipinski definition) is 7. The van der Waals surface area contributed by atoms with Crippen LogP contribution in [0.3, 0.4) is 0 Å². The smallest absolute Gasteiger partial charge is 0.399 e. The number of H-pyrrole nitrogens is 1. The van der Waals surface area contributed by atoms with Crippen LogP contribution in [-0.4, -0.2) is 134 Å². The molecule has 3 saturated heterocycles. The van der Waals surface area contributed by atoms with Crippen molar-refractivity contribution in [3.8, 4) is 5.75 Å². The quantitative estimate of drug-likeness (QED) is 0.0667. The molecule has 20 nitrogen and oxygen atoms in total. The molecule has 4 aliphatic heterocycles. The Morgan fingerprint density at radius 2 is 1.76 bits per heavy atom. The average molecular weight is 1030 g/mol. The second-order valence-electron chi connectivity index (χ2n) is 18.0. The fourth-order valence-corrected chi connectivity index (χ4v) is 10.2. The molecule has 0 aliphatic carbocycles. The minimum absolute atomic E-state index is 0.00740. The van der Waals surface area contributed by atoms with Crippen molar-refractivity contribution in [1.29, 1.82) is 0 Å². The molecule has 8 N–H and O–H groups in total. The number of piperidine rings is 1. The number of hydrogen-bond acceptors (Lipinski definition) is 11. The monoisotopic (exact) mass is 1030 g/mol. The second kappa shape index (κ2) is 19.9. The van der Waals surface area contributed by atoms with Crippen LogP contribution in [0.2, 0.25) is 5.02 Å². The predicted octanol–water partition coefficient (Wildman–Crippen LogP) is 2.80. The number of halogens is 4. The van der Waals surface area contributed by atoms with Crippen LogP contribution < -0.4 is 26.4 Å². The summed E-state index contributed by atoms with van der Waals surface area (Å²) in [5.41, 5.74) is -0.312. The van der Waals surface area contributed by atoms with E-state index in [1.54, 1.807) is 19.2 Å². The van der Waals surface area contributed by atoms with Gasteiger partial charge in [-0.25, -0.2) is 4.39 Å². The number of rotatable bonds is 15. The highest BCUT2D eigenvalue weighted by atomic mass is 35.5. The molecule has 25 heteroatoms. The number of nitrogens with one attached hydrogen (secondary N) is 4. The van der Waals surface area contributed by atoms with E-state index in [1.165, 1.54) is 29.2 Å². The van der Waals surface area contributed by atoms with Gasteiger partial charge in [-0.3, -0.25) is 53.1 Å². The van der Waals surface area contributed by atoms with Gasteiger partial charge in [0.2, 0.25) is 29.5 Å². The molecular formula is C46H47ClF3N8O12P. The van der Waals surface area contributed by atoms with Gasteiger partial charge in [-0.05, 0) is 87.2 Å². The van der Waals surface area contributed by atoms with Gasteiger partial charge < -0.3 is 45.7 Å². The number of aromatic nitrogens is 1. The van der Waals surface area contributed by atoms with Crippen LogP contribution in [0.1, 0.15) is 92.8 Å². The lowest BCUT2D eigenvalue weighted by Crippen LogP contribution is -2.60. The Morgan fingerprint density at radius 1 is 1.00 bits per heavy atom. The third-order valence-electron chi connectivity index (χ3n) is 13.2. The molecule has 0 saturated carbocycles. The van der Waals surface area contributed by atoms with Crippen LogP contribution in [0.25, 0.3) is 10.9 Å². The summed E-state index contributed by atoms with van der Waals surface area (Å²) in [6, 6.07) is 6.53. The first-order valence-electron chi connectivity index (χ1n) is 22.4. The van der Waals surface area contributed by atoms with Crippen LogP contribution in [0.15, 0.2) is 54.6 Å². The molecule has 71 heavy (non-hydrogen) atoms. The van der Waals surface area contributed by atoms with E-state index < -0.39 is 108 Å². The fraction of sp³-hybridized carbons (Fsp3) is 0.391. The molecule has 5 heterocycles. The van der Waals surface area contributed by atoms with Gasteiger partial charge in [0, 0.05) is 48.3 Å². The van der Waals surface area contributed by atoms with Gasteiger partial charge in [-0.15, -0.1) is 0 Å². The van der Waals surface area contributed by atoms with Crippen LogP contribution in [-0.2, 0) is 40.6 Å². The molecule has 0 spiro atoms. The molecule has 3 aromatic carbocycles. The van der Waals surface area contributed by atoms with Gasteiger partial charge in [-0.2, -0.15) is 8.78 Å². The first-order chi connectivity index (χ1) is 33.5. The van der Waals surface area contributed by atoms with Crippen LogP contribution in [0, 0.1) is 5.82 Å². The van der Waals surface area contributed by atoms with Gasteiger partial charge in [0.05, 0.1) is 22.2 Å². The van der Waals surface area contributed by atoms with Crippen LogP contribution >= 0.6 is 19.2 Å². The van der Waals surface area contributed by atoms with Crippen LogP contribution in [0.4, 0.5) is 13.2 Å². The highest BCUT2D eigenvalue weighted by Gasteiger charge is 2.51. The third-order valence-corrected chi connectivity index (χ3v) is 14.6. The van der Waals surface area contributed by atoms with E-state index in [4.69, 9.17) is 22.1 Å². The van der Waals surface area contributed by atoms with Crippen molar-refractivity contribution < 1.29 is 70.6 Å². The van der Waals surface area contributed by atoms with Crippen molar-refractivity contribution in [1.82, 2.24) is 35.6 Å². The average Bonchev–Trinajstić information content (AvgIpc) is 4.01. The normalized spacial score (nSPS) is 21.4. The molecule has 0 bridgehead atoms. The summed E-state index contributed by atoms with van der Waals surface area (Å²) in [5, 5.41) is 7.76. The molecule has 376 valence electrons. The lowest BCUT2D eigenvalue weighted by molar-refractivity contribution is -0.143. The molecule has 3 fully saturated rings. The van der Waals surface area contributed by atoms with Crippen molar-refractivity contribution in [3.63, 3.8) is 0 Å². The number of benzene rings is 3. The molecule has 8 amide bonds. The third kappa shape index (κ3) is 10.1. The number of carbonyl (C=O) groups excluding carboxylic acids is 8. The maximum atomic E-state index is 16.1. The lowest BCUT2D eigenvalue weighted by Gasteiger charge is -2.38. The number of nitrogens with two attached hydrogens (primary N) is 1. The number of imide groups is 2. The minimum atomic E-state index is -5.87. The molecule has 4 aliphatic rings. The Hall–Kier alpha value is -6.65.